The van der Waals surface area contributed by atoms with Gasteiger partial charge in [-0.2, -0.15) is 23.3 Å². The fourth-order valence-electron chi connectivity index (χ4n) is 3.19. The number of hydrogen-bond acceptors (Lipinski definition) is 6. The van der Waals surface area contributed by atoms with Crippen LogP contribution in [0.5, 0.6) is 0 Å². The second-order valence-electron chi connectivity index (χ2n) is 7.24. The zero-order valence-corrected chi connectivity index (χ0v) is 18.1. The lowest BCUT2D eigenvalue weighted by molar-refractivity contribution is -0.137. The fraction of sp³-hybridized carbons (Fsp3) is 0.143. The highest BCUT2D eigenvalue weighted by molar-refractivity contribution is 6.31. The van der Waals surface area contributed by atoms with Gasteiger partial charge >= 0.3 is 6.18 Å². The van der Waals surface area contributed by atoms with Crippen molar-refractivity contribution >= 4 is 51.7 Å². The van der Waals surface area contributed by atoms with E-state index in [-0.39, 0.29) is 11.5 Å². The molecule has 2 aromatic carbocycles. The number of amides is 1. The van der Waals surface area contributed by atoms with Crippen LogP contribution in [-0.2, 0) is 13.2 Å². The Morgan fingerprint density at radius 3 is 2.67 bits per heavy atom. The number of nitrogens with one attached hydrogen (secondary N) is 2. The molecule has 33 heavy (non-hydrogen) atoms. The summed E-state index contributed by atoms with van der Waals surface area (Å²) in [6.07, 6.45) is -3.12. The Morgan fingerprint density at radius 1 is 1.18 bits per heavy atom. The maximum absolute atomic E-state index is 13.1. The number of hydrogen-bond donors (Lipinski definition) is 3. The van der Waals surface area contributed by atoms with Gasteiger partial charge in [0.2, 0.25) is 5.95 Å². The van der Waals surface area contributed by atoms with Gasteiger partial charge < -0.3 is 16.4 Å². The van der Waals surface area contributed by atoms with E-state index in [9.17, 15) is 18.0 Å². The summed E-state index contributed by atoms with van der Waals surface area (Å²) in [5.41, 5.74) is 6.76. The molecule has 0 radical (unpaired) electrons. The van der Waals surface area contributed by atoms with E-state index in [1.807, 2.05) is 6.92 Å². The zero-order chi connectivity index (χ0) is 23.9. The van der Waals surface area contributed by atoms with Gasteiger partial charge in [0.1, 0.15) is 0 Å². The molecule has 2 heterocycles. The molecule has 0 fully saturated rings. The number of benzene rings is 2. The molecule has 4 aromatic rings. The maximum Gasteiger partial charge on any atom is 0.417 e. The number of rotatable bonds is 4. The lowest BCUT2D eigenvalue weighted by Crippen LogP contribution is -2.14. The van der Waals surface area contributed by atoms with E-state index in [0.29, 0.717) is 28.2 Å². The summed E-state index contributed by atoms with van der Waals surface area (Å²) in [6.45, 7) is 1.85. The Labute approximate surface area is 190 Å². The molecule has 2 aromatic heterocycles. The highest BCUT2D eigenvalue weighted by atomic mass is 35.5. The number of carbonyl (C=O) groups excluding carboxylic acids is 1. The minimum Gasteiger partial charge on any atom is -0.368 e. The lowest BCUT2D eigenvalue weighted by Gasteiger charge is -2.13. The first kappa shape index (κ1) is 22.3. The monoisotopic (exact) mass is 475 g/mol. The summed E-state index contributed by atoms with van der Waals surface area (Å²) in [6, 6.07) is 8.03. The Bertz CT molecular complexity index is 1380. The van der Waals surface area contributed by atoms with E-state index in [1.54, 1.807) is 36.1 Å². The molecule has 12 heteroatoms. The number of nitrogen functional groups attached to an aromatic ring is 1. The van der Waals surface area contributed by atoms with Gasteiger partial charge in [0, 0.05) is 30.2 Å². The molecular formula is C21H17ClF3N7O. The predicted octanol–water partition coefficient (Wildman–Crippen LogP) is 4.92. The number of carbonyl (C=O) groups is 1. The minimum absolute atomic E-state index is 0.119. The van der Waals surface area contributed by atoms with Crippen molar-refractivity contribution in [2.75, 3.05) is 16.4 Å². The average Bonchev–Trinajstić information content (AvgIpc) is 3.04. The Balaban J connectivity index is 1.60. The summed E-state index contributed by atoms with van der Waals surface area (Å²) in [5, 5.41) is 10.3. The van der Waals surface area contributed by atoms with Crippen LogP contribution in [0.4, 0.5) is 36.3 Å². The number of halogens is 4. The van der Waals surface area contributed by atoms with Crippen LogP contribution in [0.15, 0.2) is 42.6 Å². The van der Waals surface area contributed by atoms with Crippen molar-refractivity contribution in [3.05, 3.63) is 64.3 Å². The molecule has 0 unspecified atom stereocenters. The van der Waals surface area contributed by atoms with Gasteiger partial charge in [-0.3, -0.25) is 4.79 Å². The molecule has 0 aliphatic carbocycles. The number of nitrogens with two attached hydrogens (primary N) is 1. The minimum atomic E-state index is -4.67. The first-order chi connectivity index (χ1) is 15.5. The van der Waals surface area contributed by atoms with Crippen LogP contribution in [0.1, 0.15) is 21.5 Å². The molecule has 0 bridgehead atoms. The van der Waals surface area contributed by atoms with Crippen molar-refractivity contribution in [2.45, 2.75) is 13.1 Å². The first-order valence-corrected chi connectivity index (χ1v) is 9.91. The quantitative estimate of drug-likeness (QED) is 0.386. The van der Waals surface area contributed by atoms with Crippen LogP contribution >= 0.6 is 11.6 Å². The fourth-order valence-corrected chi connectivity index (χ4v) is 3.42. The van der Waals surface area contributed by atoms with Gasteiger partial charge in [0.15, 0.2) is 11.5 Å². The van der Waals surface area contributed by atoms with Crippen molar-refractivity contribution in [1.82, 2.24) is 19.7 Å². The van der Waals surface area contributed by atoms with E-state index in [4.69, 9.17) is 17.3 Å². The van der Waals surface area contributed by atoms with E-state index < -0.39 is 22.7 Å². The van der Waals surface area contributed by atoms with Crippen LogP contribution in [0.3, 0.4) is 0 Å². The van der Waals surface area contributed by atoms with Crippen molar-refractivity contribution in [2.24, 2.45) is 7.05 Å². The largest absolute Gasteiger partial charge is 0.417 e. The van der Waals surface area contributed by atoms with Gasteiger partial charge in [-0.15, -0.1) is 0 Å². The molecule has 0 aliphatic rings. The summed E-state index contributed by atoms with van der Waals surface area (Å²) in [7, 11) is 1.71. The second kappa shape index (κ2) is 8.24. The third-order valence-corrected chi connectivity index (χ3v) is 5.21. The molecule has 8 nitrogen and oxygen atoms in total. The number of aryl methyl sites for hydroxylation is 2. The Morgan fingerprint density at radius 2 is 1.94 bits per heavy atom. The standard InChI is InChI=1S/C21H17ClF3N7O/c1-10-3-5-12(28-19(33)11-4-6-15(22)14(7-11)21(23,24)25)8-16(10)29-17-13-9-27-20(26)30-18(13)32(2)31-17/h3-9H,1-2H3,(H,28,33)(H,29,31)(H2,26,27,30). The van der Waals surface area contributed by atoms with Crippen LogP contribution < -0.4 is 16.4 Å². The molecular weight excluding hydrogens is 459 g/mol. The maximum atomic E-state index is 13.1. The van der Waals surface area contributed by atoms with Crippen LogP contribution in [0, 0.1) is 6.92 Å². The van der Waals surface area contributed by atoms with E-state index in [2.05, 4.69) is 25.7 Å². The van der Waals surface area contributed by atoms with Crippen molar-refractivity contribution in [3.63, 3.8) is 0 Å². The molecule has 0 spiro atoms. The number of anilines is 4. The van der Waals surface area contributed by atoms with Gasteiger partial charge in [-0.1, -0.05) is 17.7 Å². The molecule has 4 N–H and O–H groups in total. The van der Waals surface area contributed by atoms with Gasteiger partial charge in [0.05, 0.1) is 16.0 Å². The van der Waals surface area contributed by atoms with Crippen LogP contribution in [0.2, 0.25) is 5.02 Å². The van der Waals surface area contributed by atoms with Gasteiger partial charge in [-0.25, -0.2) is 9.67 Å². The highest BCUT2D eigenvalue weighted by Crippen LogP contribution is 2.35. The topological polar surface area (TPSA) is 111 Å². The predicted molar refractivity (Wildman–Crippen MR) is 120 cm³/mol. The molecule has 0 saturated heterocycles. The number of fused-ring (bicyclic) bond motifs is 1. The Kier molecular flexibility index (Phi) is 5.58. The van der Waals surface area contributed by atoms with Crippen LogP contribution in [-0.4, -0.2) is 25.7 Å². The molecule has 4 rings (SSSR count). The average molecular weight is 476 g/mol. The van der Waals surface area contributed by atoms with E-state index >= 15 is 0 Å². The molecule has 0 aliphatic heterocycles. The number of alkyl halides is 3. The molecule has 0 atom stereocenters. The smallest absolute Gasteiger partial charge is 0.368 e. The summed E-state index contributed by atoms with van der Waals surface area (Å²) in [5.74, 6) is -0.112. The van der Waals surface area contributed by atoms with Gasteiger partial charge in [0.25, 0.3) is 5.91 Å². The molecule has 1 amide bonds. The van der Waals surface area contributed by atoms with Crippen molar-refractivity contribution in [1.29, 1.82) is 0 Å². The SMILES string of the molecule is Cc1ccc(NC(=O)c2ccc(Cl)c(C(F)(F)F)c2)cc1Nc1nn(C)c2nc(N)ncc12. The lowest BCUT2D eigenvalue weighted by atomic mass is 10.1. The third-order valence-electron chi connectivity index (χ3n) is 4.88. The zero-order valence-electron chi connectivity index (χ0n) is 17.3. The Hall–Kier alpha value is -3.86. The number of nitrogens with zero attached hydrogens (tertiary/aromatic N) is 4. The van der Waals surface area contributed by atoms with Crippen LogP contribution in [0.25, 0.3) is 11.0 Å². The highest BCUT2D eigenvalue weighted by Gasteiger charge is 2.33. The second-order valence-corrected chi connectivity index (χ2v) is 7.65. The van der Waals surface area contributed by atoms with E-state index in [0.717, 1.165) is 17.7 Å². The first-order valence-electron chi connectivity index (χ1n) is 9.54. The normalized spacial score (nSPS) is 11.6. The summed E-state index contributed by atoms with van der Waals surface area (Å²) in [4.78, 5) is 20.7. The summed E-state index contributed by atoms with van der Waals surface area (Å²) >= 11 is 5.63. The summed E-state index contributed by atoms with van der Waals surface area (Å²) < 4.78 is 40.9. The van der Waals surface area contributed by atoms with Crippen molar-refractivity contribution in [3.8, 4) is 0 Å². The van der Waals surface area contributed by atoms with Crippen molar-refractivity contribution < 1.29 is 18.0 Å². The molecule has 170 valence electrons. The molecule has 0 saturated carbocycles. The third kappa shape index (κ3) is 4.53. The van der Waals surface area contributed by atoms with E-state index in [1.165, 1.54) is 6.07 Å². The number of aromatic nitrogens is 4. The van der Waals surface area contributed by atoms with Gasteiger partial charge in [-0.05, 0) is 42.8 Å².